The van der Waals surface area contributed by atoms with Crippen LogP contribution in [0.4, 0.5) is 0 Å². The maximum absolute atomic E-state index is 13.1. The summed E-state index contributed by atoms with van der Waals surface area (Å²) in [7, 11) is 0. The number of ether oxygens (including phenoxy) is 2. The van der Waals surface area contributed by atoms with Crippen LogP contribution in [0.3, 0.4) is 0 Å². The van der Waals surface area contributed by atoms with Crippen LogP contribution < -0.4 is 5.32 Å². The molecule has 0 bridgehead atoms. The summed E-state index contributed by atoms with van der Waals surface area (Å²) in [6, 6.07) is -0.819. The number of allylic oxidation sites excluding steroid dienone is 17. The second kappa shape index (κ2) is 61.9. The molecule has 1 amide bonds. The maximum atomic E-state index is 13.1. The van der Waals surface area contributed by atoms with E-state index in [0.717, 1.165) is 103 Å². The summed E-state index contributed by atoms with van der Waals surface area (Å²) in [4.78, 5) is 13.1. The number of carbonyl (C=O) groups excluding carboxylic acids is 1. The van der Waals surface area contributed by atoms with Crippen LogP contribution in [0.1, 0.15) is 296 Å². The number of nitrogens with one attached hydrogen (secondary N) is 1. The molecule has 1 heterocycles. The molecule has 0 radical (unpaired) electrons. The number of rotatable bonds is 59. The molecule has 0 aromatic heterocycles. The summed E-state index contributed by atoms with van der Waals surface area (Å²) in [6.07, 6.45) is 84.6. The first kappa shape index (κ1) is 77.9. The zero-order chi connectivity index (χ0) is 60.0. The van der Waals surface area contributed by atoms with Crippen molar-refractivity contribution in [3.05, 3.63) is 109 Å². The molecule has 0 aromatic rings. The zero-order valence-electron chi connectivity index (χ0n) is 53.4. The Morgan fingerprint density at radius 3 is 1.11 bits per heavy atom. The lowest BCUT2D eigenvalue weighted by Crippen LogP contribution is -2.60. The molecule has 1 fully saturated rings. The Balaban J connectivity index is 2.18. The van der Waals surface area contributed by atoms with Gasteiger partial charge in [0.1, 0.15) is 24.4 Å². The lowest BCUT2D eigenvalue weighted by molar-refractivity contribution is -0.302. The summed E-state index contributed by atoms with van der Waals surface area (Å²) in [5.74, 6) is -0.187. The van der Waals surface area contributed by atoms with Crippen molar-refractivity contribution in [2.45, 2.75) is 339 Å². The van der Waals surface area contributed by atoms with Crippen molar-refractivity contribution in [2.75, 3.05) is 13.2 Å². The third kappa shape index (κ3) is 50.7. The number of amides is 1. The van der Waals surface area contributed by atoms with Crippen LogP contribution in [-0.2, 0) is 14.3 Å². The first-order chi connectivity index (χ1) is 40.8. The number of unbranched alkanes of at least 4 members (excludes halogenated alkanes) is 33. The third-order valence-electron chi connectivity index (χ3n) is 15.9. The van der Waals surface area contributed by atoms with Gasteiger partial charge in [-0.05, 0) is 83.5 Å². The molecule has 0 aliphatic carbocycles. The van der Waals surface area contributed by atoms with E-state index >= 15 is 0 Å². The first-order valence-electron chi connectivity index (χ1n) is 34.6. The van der Waals surface area contributed by atoms with Crippen molar-refractivity contribution in [3.63, 3.8) is 0 Å². The van der Waals surface area contributed by atoms with Crippen LogP contribution in [0.5, 0.6) is 0 Å². The van der Waals surface area contributed by atoms with Gasteiger partial charge in [-0.2, -0.15) is 0 Å². The summed E-state index contributed by atoms with van der Waals surface area (Å²) in [5.41, 5.74) is 0. The van der Waals surface area contributed by atoms with Gasteiger partial charge < -0.3 is 40.3 Å². The maximum Gasteiger partial charge on any atom is 0.220 e. The SMILES string of the molecule is CC/C=C\C/C=C\C/C=C\C/C=C\C/C=C\C/C=C\C/C=C\C/C=C\CCCCCCCCCCC(=O)NC(COC1OC(CO)C(O)C(O)C1O)C(O)/C=C/CCCCCCCCCCCCCCCCCCCCCCCCCCC. The van der Waals surface area contributed by atoms with Gasteiger partial charge in [0.05, 0.1) is 25.4 Å². The van der Waals surface area contributed by atoms with Crippen LogP contribution in [0.15, 0.2) is 109 Å². The minimum atomic E-state index is -1.58. The average Bonchev–Trinajstić information content (AvgIpc) is 3.61. The van der Waals surface area contributed by atoms with Gasteiger partial charge in [0.25, 0.3) is 0 Å². The van der Waals surface area contributed by atoms with Gasteiger partial charge in [-0.1, -0.05) is 316 Å². The van der Waals surface area contributed by atoms with Crippen LogP contribution in [0, 0.1) is 0 Å². The number of hydrogen-bond donors (Lipinski definition) is 6. The molecule has 9 nitrogen and oxygen atoms in total. The highest BCUT2D eigenvalue weighted by Crippen LogP contribution is 2.23. The third-order valence-corrected chi connectivity index (χ3v) is 15.9. The molecule has 1 aliphatic heterocycles. The molecule has 478 valence electrons. The van der Waals surface area contributed by atoms with Gasteiger partial charge >= 0.3 is 0 Å². The van der Waals surface area contributed by atoms with E-state index in [-0.39, 0.29) is 12.5 Å². The molecule has 7 atom stereocenters. The molecular formula is C74H129NO8. The van der Waals surface area contributed by atoms with Crippen LogP contribution in [-0.4, -0.2) is 87.5 Å². The standard InChI is InChI=1S/C74H129NO8/c1-3-5-7-9-11-13-15-17-19-21-23-25-27-29-31-32-33-34-35-36-38-40-42-44-46-48-50-52-54-56-58-60-62-64-70(78)75-67(66-82-74-73(81)72(80)71(79)69(65-76)83-74)68(77)63-61-59-57-55-53-51-49-47-45-43-41-39-37-30-28-26-24-22-20-18-16-14-12-10-8-6-4-2/h5,7,11,13,17,19,23,25,29,31,33-34,36,38,42,44,61,63,67-69,71-74,76-77,79-81H,3-4,6,8-10,12,14-16,18,20-22,24,26-28,30,32,35,37,39-41,43,45-60,62,64-66H2,1-2H3,(H,75,78)/b7-5-,13-11-,19-17-,25-23-,31-29-,34-33-,38-36-,44-42-,63-61+. The van der Waals surface area contributed by atoms with E-state index < -0.39 is 49.5 Å². The summed E-state index contributed by atoms with van der Waals surface area (Å²) in [6.45, 7) is 3.69. The molecule has 6 N–H and O–H groups in total. The topological polar surface area (TPSA) is 149 Å². The molecule has 83 heavy (non-hydrogen) atoms. The zero-order valence-corrected chi connectivity index (χ0v) is 53.4. The molecular weight excluding hydrogens is 1030 g/mol. The van der Waals surface area contributed by atoms with E-state index in [1.165, 1.54) is 173 Å². The molecule has 7 unspecified atom stereocenters. The van der Waals surface area contributed by atoms with E-state index in [9.17, 15) is 30.3 Å². The van der Waals surface area contributed by atoms with E-state index in [1.807, 2.05) is 6.08 Å². The lowest BCUT2D eigenvalue weighted by atomic mass is 9.99. The van der Waals surface area contributed by atoms with Crippen molar-refractivity contribution in [2.24, 2.45) is 0 Å². The van der Waals surface area contributed by atoms with Crippen molar-refractivity contribution in [1.29, 1.82) is 0 Å². The number of hydrogen-bond acceptors (Lipinski definition) is 8. The molecule has 9 heteroatoms. The first-order valence-corrected chi connectivity index (χ1v) is 34.6. The van der Waals surface area contributed by atoms with Gasteiger partial charge in [0.2, 0.25) is 5.91 Å². The molecule has 1 aliphatic rings. The normalized spacial score (nSPS) is 19.0. The monoisotopic (exact) mass is 1160 g/mol. The van der Waals surface area contributed by atoms with Crippen molar-refractivity contribution >= 4 is 5.91 Å². The molecule has 1 rings (SSSR count). The van der Waals surface area contributed by atoms with Crippen LogP contribution in [0.25, 0.3) is 0 Å². The second-order valence-corrected chi connectivity index (χ2v) is 23.6. The Kier molecular flexibility index (Phi) is 58.1. The van der Waals surface area contributed by atoms with Crippen LogP contribution >= 0.6 is 0 Å². The fraction of sp³-hybridized carbons (Fsp3) is 0.743. The highest BCUT2D eigenvalue weighted by Gasteiger charge is 2.44. The molecule has 0 spiro atoms. The minimum absolute atomic E-state index is 0.187. The van der Waals surface area contributed by atoms with Gasteiger partial charge in [-0.25, -0.2) is 0 Å². The summed E-state index contributed by atoms with van der Waals surface area (Å²) >= 11 is 0. The highest BCUT2D eigenvalue weighted by atomic mass is 16.7. The van der Waals surface area contributed by atoms with Crippen molar-refractivity contribution in [3.8, 4) is 0 Å². The van der Waals surface area contributed by atoms with E-state index in [1.54, 1.807) is 6.08 Å². The Hall–Kier alpha value is -3.15. The van der Waals surface area contributed by atoms with Crippen molar-refractivity contribution in [1.82, 2.24) is 5.32 Å². The second-order valence-electron chi connectivity index (χ2n) is 23.6. The van der Waals surface area contributed by atoms with Gasteiger partial charge in [-0.3, -0.25) is 4.79 Å². The minimum Gasteiger partial charge on any atom is -0.394 e. The van der Waals surface area contributed by atoms with E-state index in [0.29, 0.717) is 6.42 Å². The van der Waals surface area contributed by atoms with Gasteiger partial charge in [0.15, 0.2) is 6.29 Å². The molecule has 1 saturated heterocycles. The fourth-order valence-electron chi connectivity index (χ4n) is 10.5. The quantitative estimate of drug-likeness (QED) is 0.0261. The van der Waals surface area contributed by atoms with E-state index in [4.69, 9.17) is 9.47 Å². The van der Waals surface area contributed by atoms with Gasteiger partial charge in [-0.15, -0.1) is 0 Å². The predicted octanol–water partition coefficient (Wildman–Crippen LogP) is 18.9. The molecule has 0 saturated carbocycles. The fourth-order valence-corrected chi connectivity index (χ4v) is 10.5. The predicted molar refractivity (Wildman–Crippen MR) is 354 cm³/mol. The van der Waals surface area contributed by atoms with Gasteiger partial charge in [0, 0.05) is 6.42 Å². The number of carbonyl (C=O) groups is 1. The molecule has 0 aromatic carbocycles. The van der Waals surface area contributed by atoms with E-state index in [2.05, 4.69) is 116 Å². The summed E-state index contributed by atoms with van der Waals surface area (Å²) < 4.78 is 11.3. The number of aliphatic hydroxyl groups is 5. The Morgan fingerprint density at radius 2 is 0.747 bits per heavy atom. The summed E-state index contributed by atoms with van der Waals surface area (Å²) in [5, 5.41) is 54.8. The number of aliphatic hydroxyl groups excluding tert-OH is 5. The Bertz CT molecular complexity index is 1680. The van der Waals surface area contributed by atoms with Crippen LogP contribution in [0.2, 0.25) is 0 Å². The lowest BCUT2D eigenvalue weighted by Gasteiger charge is -2.40. The smallest absolute Gasteiger partial charge is 0.220 e. The average molecular weight is 1160 g/mol. The Labute approximate surface area is 510 Å². The Morgan fingerprint density at radius 1 is 0.422 bits per heavy atom. The van der Waals surface area contributed by atoms with Crippen molar-refractivity contribution < 1.29 is 39.8 Å². The highest BCUT2D eigenvalue weighted by molar-refractivity contribution is 5.76. The largest absolute Gasteiger partial charge is 0.394 e.